The summed E-state index contributed by atoms with van der Waals surface area (Å²) in [6.45, 7) is 5.43. The summed E-state index contributed by atoms with van der Waals surface area (Å²) in [5.41, 5.74) is 5.69. The van der Waals surface area contributed by atoms with Crippen molar-refractivity contribution in [3.05, 3.63) is 0 Å². The smallest absolute Gasteiger partial charge is 0.328 e. The van der Waals surface area contributed by atoms with Crippen LogP contribution in [0.15, 0.2) is 0 Å². The molecule has 0 aliphatic carbocycles. The molecule has 0 radical (unpaired) electrons. The van der Waals surface area contributed by atoms with Gasteiger partial charge in [0.05, 0.1) is 6.61 Å². The average Bonchev–Trinajstić information content (AvgIpc) is 2.34. The van der Waals surface area contributed by atoms with E-state index in [4.69, 9.17) is 10.5 Å². The van der Waals surface area contributed by atoms with Crippen LogP contribution in [0.5, 0.6) is 0 Å². The molecule has 0 bridgehead atoms. The lowest BCUT2D eigenvalue weighted by atomic mass is 10.0. The van der Waals surface area contributed by atoms with E-state index in [0.717, 1.165) is 12.8 Å². The van der Waals surface area contributed by atoms with Gasteiger partial charge in [-0.15, -0.1) is 0 Å². The van der Waals surface area contributed by atoms with Crippen LogP contribution in [-0.2, 0) is 14.3 Å². The molecule has 0 heterocycles. The number of carbonyl (C=O) groups is 2. The van der Waals surface area contributed by atoms with Crippen LogP contribution in [0.1, 0.15) is 40.0 Å². The lowest BCUT2D eigenvalue weighted by molar-refractivity contribution is -0.148. The molecule has 0 aromatic carbocycles. The molecule has 106 valence electrons. The third kappa shape index (κ3) is 5.97. The van der Waals surface area contributed by atoms with Gasteiger partial charge in [0.1, 0.15) is 12.1 Å². The van der Waals surface area contributed by atoms with Crippen molar-refractivity contribution < 1.29 is 19.4 Å². The van der Waals surface area contributed by atoms with Crippen molar-refractivity contribution >= 4 is 11.9 Å². The van der Waals surface area contributed by atoms with Crippen LogP contribution in [0.25, 0.3) is 0 Å². The van der Waals surface area contributed by atoms with Gasteiger partial charge in [0.2, 0.25) is 0 Å². The molecule has 0 aromatic heterocycles. The van der Waals surface area contributed by atoms with Crippen molar-refractivity contribution in [1.82, 2.24) is 5.32 Å². The number of rotatable bonds is 8. The van der Waals surface area contributed by atoms with Crippen LogP contribution in [-0.4, -0.2) is 41.8 Å². The van der Waals surface area contributed by atoms with E-state index >= 15 is 0 Å². The second-order valence-corrected chi connectivity index (χ2v) is 4.23. The maximum absolute atomic E-state index is 11.6. The molecule has 0 aromatic rings. The zero-order valence-corrected chi connectivity index (χ0v) is 11.3. The molecule has 3 atom stereocenters. The van der Waals surface area contributed by atoms with Gasteiger partial charge < -0.3 is 20.9 Å². The second kappa shape index (κ2) is 8.88. The normalized spacial score (nSPS) is 15.6. The van der Waals surface area contributed by atoms with E-state index < -0.39 is 30.1 Å². The van der Waals surface area contributed by atoms with Crippen molar-refractivity contribution in [1.29, 1.82) is 0 Å². The van der Waals surface area contributed by atoms with Gasteiger partial charge in [0, 0.05) is 6.04 Å². The first-order valence-electron chi connectivity index (χ1n) is 6.34. The van der Waals surface area contributed by atoms with Crippen LogP contribution in [0.2, 0.25) is 0 Å². The average molecular weight is 260 g/mol. The molecule has 1 amide bonds. The zero-order chi connectivity index (χ0) is 14.1. The maximum atomic E-state index is 11.6. The SMILES string of the molecule is CCCCC(N)[C@H](O)C(=O)NC(C)C(=O)OCC. The Kier molecular flexibility index (Phi) is 8.32. The largest absolute Gasteiger partial charge is 0.464 e. The molecular weight excluding hydrogens is 236 g/mol. The van der Waals surface area contributed by atoms with E-state index in [1.54, 1.807) is 6.92 Å². The lowest BCUT2D eigenvalue weighted by Gasteiger charge is -2.20. The van der Waals surface area contributed by atoms with Crippen LogP contribution in [0.4, 0.5) is 0 Å². The minimum absolute atomic E-state index is 0.248. The summed E-state index contributed by atoms with van der Waals surface area (Å²) in [6.07, 6.45) is 1.06. The Hall–Kier alpha value is -1.14. The van der Waals surface area contributed by atoms with Gasteiger partial charge in [-0.1, -0.05) is 19.8 Å². The molecule has 0 saturated heterocycles. The molecule has 18 heavy (non-hydrogen) atoms. The predicted octanol–water partition coefficient (Wildman–Crippen LogP) is -0.0674. The van der Waals surface area contributed by atoms with Crippen molar-refractivity contribution in [2.24, 2.45) is 5.73 Å². The molecule has 0 aliphatic rings. The summed E-state index contributed by atoms with van der Waals surface area (Å²) in [6, 6.07) is -1.40. The topological polar surface area (TPSA) is 102 Å². The first kappa shape index (κ1) is 16.9. The molecule has 4 N–H and O–H groups in total. The number of aliphatic hydroxyl groups excluding tert-OH is 1. The monoisotopic (exact) mass is 260 g/mol. The van der Waals surface area contributed by atoms with Crippen LogP contribution in [0.3, 0.4) is 0 Å². The minimum Gasteiger partial charge on any atom is -0.464 e. The van der Waals surface area contributed by atoms with Crippen molar-refractivity contribution in [2.45, 2.75) is 58.2 Å². The molecule has 6 heteroatoms. The van der Waals surface area contributed by atoms with Gasteiger partial charge in [-0.05, 0) is 20.3 Å². The summed E-state index contributed by atoms with van der Waals surface area (Å²) in [4.78, 5) is 22.9. The van der Waals surface area contributed by atoms with Crippen LogP contribution in [0, 0.1) is 0 Å². The number of ether oxygens (including phenoxy) is 1. The highest BCUT2D eigenvalue weighted by atomic mass is 16.5. The van der Waals surface area contributed by atoms with E-state index in [-0.39, 0.29) is 6.61 Å². The standard InChI is InChI=1S/C12H24N2O4/c1-4-6-7-9(13)10(15)11(16)14-8(3)12(17)18-5-2/h8-10,15H,4-7,13H2,1-3H3,(H,14,16)/t8?,9?,10-/m0/s1. The van der Waals surface area contributed by atoms with Gasteiger partial charge >= 0.3 is 5.97 Å². The molecule has 2 unspecified atom stereocenters. The Balaban J connectivity index is 4.18. The van der Waals surface area contributed by atoms with Crippen molar-refractivity contribution in [3.8, 4) is 0 Å². The highest BCUT2D eigenvalue weighted by molar-refractivity contribution is 5.87. The van der Waals surface area contributed by atoms with Crippen LogP contribution < -0.4 is 11.1 Å². The zero-order valence-electron chi connectivity index (χ0n) is 11.3. The predicted molar refractivity (Wildman–Crippen MR) is 67.7 cm³/mol. The Morgan fingerprint density at radius 3 is 2.50 bits per heavy atom. The van der Waals surface area contributed by atoms with Gasteiger partial charge in [-0.3, -0.25) is 4.79 Å². The van der Waals surface area contributed by atoms with Gasteiger partial charge in [0.25, 0.3) is 5.91 Å². The molecular formula is C12H24N2O4. The van der Waals surface area contributed by atoms with E-state index in [1.807, 2.05) is 6.92 Å². The Labute approximate surface area is 108 Å². The van der Waals surface area contributed by atoms with Crippen LogP contribution >= 0.6 is 0 Å². The first-order valence-corrected chi connectivity index (χ1v) is 6.34. The third-order valence-corrected chi connectivity index (χ3v) is 2.56. The number of hydrogen-bond acceptors (Lipinski definition) is 5. The van der Waals surface area contributed by atoms with E-state index in [0.29, 0.717) is 6.42 Å². The molecule has 0 spiro atoms. The van der Waals surface area contributed by atoms with Crippen molar-refractivity contribution in [2.75, 3.05) is 6.61 Å². The van der Waals surface area contributed by atoms with Gasteiger partial charge in [0.15, 0.2) is 0 Å². The molecule has 0 aliphatic heterocycles. The number of nitrogens with one attached hydrogen (secondary N) is 1. The number of unbranched alkanes of at least 4 members (excludes halogenated alkanes) is 1. The van der Waals surface area contributed by atoms with E-state index in [2.05, 4.69) is 5.32 Å². The number of esters is 1. The molecule has 0 saturated carbocycles. The van der Waals surface area contributed by atoms with E-state index in [9.17, 15) is 14.7 Å². The van der Waals surface area contributed by atoms with Gasteiger partial charge in [-0.2, -0.15) is 0 Å². The summed E-state index contributed by atoms with van der Waals surface area (Å²) in [5, 5.41) is 12.1. The summed E-state index contributed by atoms with van der Waals surface area (Å²) < 4.78 is 4.74. The minimum atomic E-state index is -1.30. The summed E-state index contributed by atoms with van der Waals surface area (Å²) in [5.74, 6) is -1.17. The number of carbonyl (C=O) groups excluding carboxylic acids is 2. The second-order valence-electron chi connectivity index (χ2n) is 4.23. The Bertz CT molecular complexity index is 271. The number of aliphatic hydroxyl groups is 1. The highest BCUT2D eigenvalue weighted by Gasteiger charge is 2.25. The third-order valence-electron chi connectivity index (χ3n) is 2.56. The summed E-state index contributed by atoms with van der Waals surface area (Å²) >= 11 is 0. The fourth-order valence-corrected chi connectivity index (χ4v) is 1.42. The Morgan fingerprint density at radius 1 is 1.39 bits per heavy atom. The maximum Gasteiger partial charge on any atom is 0.328 e. The number of hydrogen-bond donors (Lipinski definition) is 3. The summed E-state index contributed by atoms with van der Waals surface area (Å²) in [7, 11) is 0. The number of amides is 1. The molecule has 0 fully saturated rings. The quantitative estimate of drug-likeness (QED) is 0.530. The molecule has 6 nitrogen and oxygen atoms in total. The van der Waals surface area contributed by atoms with Gasteiger partial charge in [-0.25, -0.2) is 4.79 Å². The fraction of sp³-hybridized carbons (Fsp3) is 0.833. The highest BCUT2D eigenvalue weighted by Crippen LogP contribution is 2.03. The van der Waals surface area contributed by atoms with Crippen molar-refractivity contribution in [3.63, 3.8) is 0 Å². The first-order chi connectivity index (χ1) is 8.43. The fourth-order valence-electron chi connectivity index (χ4n) is 1.42. The lowest BCUT2D eigenvalue weighted by Crippen LogP contribution is -2.50. The Morgan fingerprint density at radius 2 is 2.00 bits per heavy atom. The molecule has 0 rings (SSSR count). The number of nitrogens with two attached hydrogens (primary N) is 1. The van der Waals surface area contributed by atoms with E-state index in [1.165, 1.54) is 6.92 Å².